The van der Waals surface area contributed by atoms with Crippen molar-refractivity contribution in [3.8, 4) is 0 Å². The molecule has 1 heterocycles. The van der Waals surface area contributed by atoms with Gasteiger partial charge >= 0.3 is 12.0 Å². The molecule has 156 valence electrons. The first-order valence-corrected chi connectivity index (χ1v) is 10.0. The number of hydrogen-bond donors (Lipinski definition) is 2. The van der Waals surface area contributed by atoms with Crippen molar-refractivity contribution >= 4 is 35.4 Å². The van der Waals surface area contributed by atoms with Crippen molar-refractivity contribution in [2.45, 2.75) is 44.7 Å². The Bertz CT molecular complexity index is 813. The number of urea groups is 1. The molecule has 2 fully saturated rings. The Labute approximate surface area is 173 Å². The summed E-state index contributed by atoms with van der Waals surface area (Å²) in [6, 6.07) is 6.37. The molecule has 0 aromatic heterocycles. The Morgan fingerprint density at radius 1 is 1.28 bits per heavy atom. The highest BCUT2D eigenvalue weighted by atomic mass is 35.5. The van der Waals surface area contributed by atoms with Gasteiger partial charge in [-0.25, -0.2) is 4.79 Å². The van der Waals surface area contributed by atoms with Crippen LogP contribution in [0, 0.1) is 5.92 Å². The lowest BCUT2D eigenvalue weighted by Crippen LogP contribution is -2.54. The fraction of sp³-hybridized carbons (Fsp3) is 0.500. The molecular formula is C20H24ClN3O5. The molecule has 0 unspecified atom stereocenters. The lowest BCUT2D eigenvalue weighted by Gasteiger charge is -2.36. The van der Waals surface area contributed by atoms with Crippen LogP contribution in [0.1, 0.15) is 38.2 Å². The van der Waals surface area contributed by atoms with Crippen LogP contribution in [0.25, 0.3) is 0 Å². The zero-order valence-electron chi connectivity index (χ0n) is 16.2. The molecule has 1 aliphatic carbocycles. The monoisotopic (exact) mass is 421 g/mol. The fourth-order valence-electron chi connectivity index (χ4n) is 3.81. The van der Waals surface area contributed by atoms with E-state index in [-0.39, 0.29) is 18.4 Å². The van der Waals surface area contributed by atoms with E-state index in [9.17, 15) is 19.2 Å². The molecule has 2 atom stereocenters. The maximum atomic E-state index is 12.8. The van der Waals surface area contributed by atoms with Crippen LogP contribution in [0.5, 0.6) is 0 Å². The molecule has 2 N–H and O–H groups in total. The number of benzene rings is 1. The lowest BCUT2D eigenvalue weighted by molar-refractivity contribution is -0.151. The van der Waals surface area contributed by atoms with Gasteiger partial charge in [0.1, 0.15) is 12.1 Å². The van der Waals surface area contributed by atoms with Gasteiger partial charge in [-0.2, -0.15) is 0 Å². The zero-order chi connectivity index (χ0) is 21.0. The summed E-state index contributed by atoms with van der Waals surface area (Å²) in [4.78, 5) is 49.9. The van der Waals surface area contributed by atoms with Crippen LogP contribution in [-0.2, 0) is 25.7 Å². The second-order valence-electron chi connectivity index (χ2n) is 7.50. The predicted molar refractivity (Wildman–Crippen MR) is 105 cm³/mol. The van der Waals surface area contributed by atoms with Crippen LogP contribution < -0.4 is 10.6 Å². The van der Waals surface area contributed by atoms with E-state index in [0.717, 1.165) is 29.7 Å². The standard InChI is InChI=1S/C20H24ClN3O5/c1-13-4-2-3-9-20(13)18(27)24(19(28)23-20)11-17(26)29-12-16(25)22-10-14-5-7-15(21)8-6-14/h5-8,13H,2-4,9-12H2,1H3,(H,22,25)(H,23,28)/t13-,20+/m0/s1. The topological polar surface area (TPSA) is 105 Å². The molecule has 0 bridgehead atoms. The Balaban J connectivity index is 1.46. The summed E-state index contributed by atoms with van der Waals surface area (Å²) in [6.07, 6.45) is 3.27. The van der Waals surface area contributed by atoms with E-state index < -0.39 is 36.6 Å². The van der Waals surface area contributed by atoms with Gasteiger partial charge in [0.15, 0.2) is 6.61 Å². The summed E-state index contributed by atoms with van der Waals surface area (Å²) < 4.78 is 4.93. The van der Waals surface area contributed by atoms with Gasteiger partial charge < -0.3 is 15.4 Å². The van der Waals surface area contributed by atoms with Gasteiger partial charge in [-0.05, 0) is 36.5 Å². The Morgan fingerprint density at radius 3 is 2.69 bits per heavy atom. The molecule has 8 nitrogen and oxygen atoms in total. The molecule has 9 heteroatoms. The number of nitrogens with zero attached hydrogens (tertiary/aromatic N) is 1. The van der Waals surface area contributed by atoms with Crippen molar-refractivity contribution in [2.24, 2.45) is 5.92 Å². The van der Waals surface area contributed by atoms with Crippen molar-refractivity contribution in [3.63, 3.8) is 0 Å². The quantitative estimate of drug-likeness (QED) is 0.540. The molecule has 0 radical (unpaired) electrons. The molecule has 2 aliphatic rings. The van der Waals surface area contributed by atoms with Crippen molar-refractivity contribution < 1.29 is 23.9 Å². The van der Waals surface area contributed by atoms with Crippen LogP contribution >= 0.6 is 11.6 Å². The minimum atomic E-state index is -0.925. The summed E-state index contributed by atoms with van der Waals surface area (Å²) in [6.45, 7) is 1.20. The number of esters is 1. The van der Waals surface area contributed by atoms with Crippen LogP contribution in [0.15, 0.2) is 24.3 Å². The average Bonchev–Trinajstić information content (AvgIpc) is 2.93. The first kappa shape index (κ1) is 21.1. The molecule has 1 spiro atoms. The highest BCUT2D eigenvalue weighted by molar-refractivity contribution is 6.30. The minimum absolute atomic E-state index is 0.00682. The van der Waals surface area contributed by atoms with E-state index in [0.29, 0.717) is 11.4 Å². The number of nitrogens with one attached hydrogen (secondary N) is 2. The number of amides is 4. The second kappa shape index (κ2) is 8.82. The van der Waals surface area contributed by atoms with Crippen LogP contribution in [0.3, 0.4) is 0 Å². The van der Waals surface area contributed by atoms with Gasteiger partial charge in [-0.3, -0.25) is 19.3 Å². The summed E-state index contributed by atoms with van der Waals surface area (Å²) in [5, 5.41) is 5.99. The van der Waals surface area contributed by atoms with Gasteiger partial charge in [0.25, 0.3) is 11.8 Å². The minimum Gasteiger partial charge on any atom is -0.454 e. The first-order valence-electron chi connectivity index (χ1n) is 9.63. The third kappa shape index (κ3) is 4.70. The number of carbonyl (C=O) groups excluding carboxylic acids is 4. The maximum Gasteiger partial charge on any atom is 0.326 e. The SMILES string of the molecule is C[C@H]1CCCC[C@@]12NC(=O)N(CC(=O)OCC(=O)NCc1ccc(Cl)cc1)C2=O. The Hall–Kier alpha value is -2.61. The van der Waals surface area contributed by atoms with Crippen molar-refractivity contribution in [2.75, 3.05) is 13.2 Å². The van der Waals surface area contributed by atoms with Crippen molar-refractivity contribution in [1.82, 2.24) is 15.5 Å². The number of carbonyl (C=O) groups is 4. The second-order valence-corrected chi connectivity index (χ2v) is 7.94. The van der Waals surface area contributed by atoms with E-state index >= 15 is 0 Å². The number of halogens is 1. The van der Waals surface area contributed by atoms with Crippen LogP contribution in [0.4, 0.5) is 4.79 Å². The van der Waals surface area contributed by atoms with Crippen molar-refractivity contribution in [3.05, 3.63) is 34.9 Å². The first-order chi connectivity index (χ1) is 13.8. The highest BCUT2D eigenvalue weighted by Gasteiger charge is 2.55. The lowest BCUT2D eigenvalue weighted by atomic mass is 9.73. The molecule has 3 rings (SSSR count). The summed E-state index contributed by atoms with van der Waals surface area (Å²) in [5.41, 5.74) is -0.0775. The largest absolute Gasteiger partial charge is 0.454 e. The normalized spacial score (nSPS) is 23.8. The smallest absolute Gasteiger partial charge is 0.326 e. The fourth-order valence-corrected chi connectivity index (χ4v) is 3.94. The number of imide groups is 1. The van der Waals surface area contributed by atoms with Gasteiger partial charge in [-0.1, -0.05) is 43.5 Å². The molecule has 4 amide bonds. The summed E-state index contributed by atoms with van der Waals surface area (Å²) in [7, 11) is 0. The number of rotatable bonds is 6. The Morgan fingerprint density at radius 2 is 2.00 bits per heavy atom. The number of ether oxygens (including phenoxy) is 1. The molecule has 29 heavy (non-hydrogen) atoms. The molecule has 1 saturated heterocycles. The zero-order valence-corrected chi connectivity index (χ0v) is 17.0. The van der Waals surface area contributed by atoms with Gasteiger partial charge in [0, 0.05) is 11.6 Å². The van der Waals surface area contributed by atoms with Crippen LogP contribution in [0.2, 0.25) is 5.02 Å². The van der Waals surface area contributed by atoms with Crippen LogP contribution in [-0.4, -0.2) is 47.4 Å². The van der Waals surface area contributed by atoms with Gasteiger partial charge in [0.05, 0.1) is 0 Å². The maximum absolute atomic E-state index is 12.8. The summed E-state index contributed by atoms with van der Waals surface area (Å²) in [5.74, 6) is -1.68. The molecule has 1 saturated carbocycles. The van der Waals surface area contributed by atoms with Gasteiger partial charge in [-0.15, -0.1) is 0 Å². The summed E-state index contributed by atoms with van der Waals surface area (Å²) >= 11 is 5.80. The number of hydrogen-bond acceptors (Lipinski definition) is 5. The third-order valence-corrected chi connectivity index (χ3v) is 5.81. The average molecular weight is 422 g/mol. The van der Waals surface area contributed by atoms with E-state index in [1.807, 2.05) is 6.92 Å². The highest BCUT2D eigenvalue weighted by Crippen LogP contribution is 2.38. The van der Waals surface area contributed by atoms with E-state index in [4.69, 9.17) is 16.3 Å². The van der Waals surface area contributed by atoms with Gasteiger partial charge in [0.2, 0.25) is 0 Å². The predicted octanol–water partition coefficient (Wildman–Crippen LogP) is 2.00. The third-order valence-electron chi connectivity index (χ3n) is 5.56. The molecule has 1 aromatic carbocycles. The van der Waals surface area contributed by atoms with E-state index in [2.05, 4.69) is 10.6 Å². The Kier molecular flexibility index (Phi) is 6.42. The van der Waals surface area contributed by atoms with E-state index in [1.165, 1.54) is 0 Å². The molecular weight excluding hydrogens is 398 g/mol. The molecule has 1 aromatic rings. The van der Waals surface area contributed by atoms with Crippen molar-refractivity contribution in [1.29, 1.82) is 0 Å². The molecule has 1 aliphatic heterocycles. The van der Waals surface area contributed by atoms with E-state index in [1.54, 1.807) is 24.3 Å².